The Morgan fingerprint density at radius 1 is 1.07 bits per heavy atom. The topological polar surface area (TPSA) is 86.1 Å². The monoisotopic (exact) mass is 405 g/mol. The van der Waals surface area contributed by atoms with Crippen LogP contribution < -0.4 is 4.74 Å². The highest BCUT2D eigenvalue weighted by Crippen LogP contribution is 2.34. The van der Waals surface area contributed by atoms with Crippen molar-refractivity contribution in [3.8, 4) is 5.75 Å². The van der Waals surface area contributed by atoms with E-state index in [-0.39, 0.29) is 18.1 Å². The largest absolute Gasteiger partial charge is 0.469 e. The molecule has 2 heterocycles. The van der Waals surface area contributed by atoms with Gasteiger partial charge < -0.3 is 18.8 Å². The van der Waals surface area contributed by atoms with E-state index >= 15 is 0 Å². The van der Waals surface area contributed by atoms with Crippen LogP contribution in [0.3, 0.4) is 0 Å². The van der Waals surface area contributed by atoms with Gasteiger partial charge in [-0.2, -0.15) is 0 Å². The highest BCUT2D eigenvalue weighted by Gasteiger charge is 2.34. The van der Waals surface area contributed by atoms with E-state index in [1.54, 1.807) is 41.3 Å². The van der Waals surface area contributed by atoms with Gasteiger partial charge in [0.1, 0.15) is 5.75 Å². The molecule has 1 atom stereocenters. The molecule has 7 heteroatoms. The highest BCUT2D eigenvalue weighted by atomic mass is 16.5. The third kappa shape index (κ3) is 3.82. The van der Waals surface area contributed by atoms with Gasteiger partial charge in [-0.05, 0) is 41.5 Å². The molecular formula is C23H19NO6. The Morgan fingerprint density at radius 3 is 2.50 bits per heavy atom. The molecule has 1 aliphatic rings. The highest BCUT2D eigenvalue weighted by molar-refractivity contribution is 5.98. The van der Waals surface area contributed by atoms with Gasteiger partial charge in [0.05, 0.1) is 25.8 Å². The minimum absolute atomic E-state index is 0.0156. The second-order valence-electron chi connectivity index (χ2n) is 6.82. The first-order chi connectivity index (χ1) is 14.6. The smallest absolute Gasteiger partial charge is 0.379 e. The number of carbonyl (C=O) groups excluding carboxylic acids is 3. The van der Waals surface area contributed by atoms with Crippen LogP contribution in [0.25, 0.3) is 0 Å². The number of amides is 1. The van der Waals surface area contributed by atoms with Gasteiger partial charge in [-0.3, -0.25) is 9.59 Å². The Kier molecular flexibility index (Phi) is 5.34. The number of hydrogen-bond acceptors (Lipinski definition) is 6. The Labute approximate surface area is 172 Å². The molecule has 0 saturated carbocycles. The summed E-state index contributed by atoms with van der Waals surface area (Å²) in [7, 11) is 1.32. The molecule has 0 radical (unpaired) electrons. The number of carbonyl (C=O) groups is 3. The SMILES string of the molecule is COC(=O)C[C@H](c1ccc(OC(=O)c2ccco2)cc1)N1Cc2ccccc2C1=O. The third-order valence-corrected chi connectivity index (χ3v) is 5.01. The van der Waals surface area contributed by atoms with E-state index in [2.05, 4.69) is 0 Å². The second-order valence-corrected chi connectivity index (χ2v) is 6.82. The molecule has 3 aromatic rings. The molecular weight excluding hydrogens is 386 g/mol. The molecule has 0 unspecified atom stereocenters. The molecule has 0 aliphatic carbocycles. The molecule has 4 rings (SSSR count). The van der Waals surface area contributed by atoms with Crippen LogP contribution in [0.1, 0.15) is 44.5 Å². The van der Waals surface area contributed by atoms with Crippen molar-refractivity contribution in [1.29, 1.82) is 0 Å². The number of esters is 2. The van der Waals surface area contributed by atoms with Crippen LogP contribution in [0.2, 0.25) is 0 Å². The first-order valence-corrected chi connectivity index (χ1v) is 9.38. The van der Waals surface area contributed by atoms with Crippen LogP contribution in [0, 0.1) is 0 Å². The zero-order valence-corrected chi connectivity index (χ0v) is 16.2. The van der Waals surface area contributed by atoms with Gasteiger partial charge in [0.25, 0.3) is 5.91 Å². The lowest BCUT2D eigenvalue weighted by Crippen LogP contribution is -2.31. The van der Waals surface area contributed by atoms with Crippen LogP contribution in [-0.4, -0.2) is 29.9 Å². The average molecular weight is 405 g/mol. The fourth-order valence-corrected chi connectivity index (χ4v) is 3.49. The number of rotatable bonds is 6. The molecule has 0 N–H and O–H groups in total. The van der Waals surface area contributed by atoms with Gasteiger partial charge in [-0.15, -0.1) is 0 Å². The number of methoxy groups -OCH3 is 1. The summed E-state index contributed by atoms with van der Waals surface area (Å²) in [5, 5.41) is 0. The first-order valence-electron chi connectivity index (χ1n) is 9.38. The van der Waals surface area contributed by atoms with Crippen molar-refractivity contribution in [3.05, 3.63) is 89.4 Å². The summed E-state index contributed by atoms with van der Waals surface area (Å²) < 4.78 is 15.1. The molecule has 0 spiro atoms. The molecule has 0 saturated heterocycles. The summed E-state index contributed by atoms with van der Waals surface area (Å²) in [5.41, 5.74) is 2.29. The summed E-state index contributed by atoms with van der Waals surface area (Å²) in [6.45, 7) is 0.409. The molecule has 1 amide bonds. The Bertz CT molecular complexity index is 1070. The average Bonchev–Trinajstić information content (AvgIpc) is 3.42. The van der Waals surface area contributed by atoms with Crippen LogP contribution in [0.5, 0.6) is 5.75 Å². The lowest BCUT2D eigenvalue weighted by atomic mass is 10.0. The van der Waals surface area contributed by atoms with Crippen molar-refractivity contribution in [2.75, 3.05) is 7.11 Å². The molecule has 0 fully saturated rings. The van der Waals surface area contributed by atoms with Crippen molar-refractivity contribution >= 4 is 17.8 Å². The third-order valence-electron chi connectivity index (χ3n) is 5.01. The van der Waals surface area contributed by atoms with E-state index in [9.17, 15) is 14.4 Å². The number of hydrogen-bond donors (Lipinski definition) is 0. The van der Waals surface area contributed by atoms with Gasteiger partial charge >= 0.3 is 11.9 Å². The van der Waals surface area contributed by atoms with Crippen LogP contribution in [0.4, 0.5) is 0 Å². The van der Waals surface area contributed by atoms with Crippen LogP contribution >= 0.6 is 0 Å². The van der Waals surface area contributed by atoms with E-state index < -0.39 is 18.0 Å². The molecule has 2 aromatic carbocycles. The fraction of sp³-hybridized carbons (Fsp3) is 0.174. The van der Waals surface area contributed by atoms with E-state index in [0.717, 1.165) is 11.1 Å². The molecule has 30 heavy (non-hydrogen) atoms. The number of fused-ring (bicyclic) bond motifs is 1. The Hall–Kier alpha value is -3.87. The molecule has 1 aromatic heterocycles. The van der Waals surface area contributed by atoms with E-state index in [1.807, 2.05) is 18.2 Å². The summed E-state index contributed by atoms with van der Waals surface area (Å²) >= 11 is 0. The van der Waals surface area contributed by atoms with Crippen molar-refractivity contribution in [1.82, 2.24) is 4.90 Å². The van der Waals surface area contributed by atoms with Crippen molar-refractivity contribution in [2.45, 2.75) is 19.0 Å². The number of nitrogens with zero attached hydrogens (tertiary/aromatic N) is 1. The predicted molar refractivity (Wildman–Crippen MR) is 106 cm³/mol. The standard InChI is InChI=1S/C23H19NO6/c1-28-21(25)13-19(24-14-16-5-2-3-6-18(16)22(24)26)15-8-10-17(11-9-15)30-23(27)20-7-4-12-29-20/h2-12,19H,13-14H2,1H3/t19-/m1/s1. The maximum atomic E-state index is 12.9. The number of benzene rings is 2. The van der Waals surface area contributed by atoms with E-state index in [4.69, 9.17) is 13.9 Å². The maximum absolute atomic E-state index is 12.9. The summed E-state index contributed by atoms with van der Waals surface area (Å²) in [6, 6.07) is 16.7. The zero-order valence-electron chi connectivity index (χ0n) is 16.2. The summed E-state index contributed by atoms with van der Waals surface area (Å²) in [5.74, 6) is -0.731. The van der Waals surface area contributed by atoms with Gasteiger partial charge in [-0.1, -0.05) is 30.3 Å². The van der Waals surface area contributed by atoms with Crippen LogP contribution in [-0.2, 0) is 16.1 Å². The molecule has 7 nitrogen and oxygen atoms in total. The predicted octanol–water partition coefficient (Wildman–Crippen LogP) is 3.76. The summed E-state index contributed by atoms with van der Waals surface area (Å²) in [6.07, 6.45) is 1.41. The fourth-order valence-electron chi connectivity index (χ4n) is 3.49. The van der Waals surface area contributed by atoms with Gasteiger partial charge in [0.15, 0.2) is 0 Å². The van der Waals surface area contributed by atoms with Gasteiger partial charge in [-0.25, -0.2) is 4.79 Å². The number of furan rings is 1. The van der Waals surface area contributed by atoms with E-state index in [1.165, 1.54) is 19.4 Å². The van der Waals surface area contributed by atoms with Crippen molar-refractivity contribution < 1.29 is 28.3 Å². The van der Waals surface area contributed by atoms with E-state index in [0.29, 0.717) is 17.9 Å². The minimum atomic E-state index is -0.607. The second kappa shape index (κ2) is 8.24. The molecule has 0 bridgehead atoms. The summed E-state index contributed by atoms with van der Waals surface area (Å²) in [4.78, 5) is 38.6. The van der Waals surface area contributed by atoms with Crippen LogP contribution in [0.15, 0.2) is 71.3 Å². The van der Waals surface area contributed by atoms with Crippen molar-refractivity contribution in [3.63, 3.8) is 0 Å². The van der Waals surface area contributed by atoms with Gasteiger partial charge in [0.2, 0.25) is 5.76 Å². The Morgan fingerprint density at radius 2 is 1.83 bits per heavy atom. The van der Waals surface area contributed by atoms with Crippen molar-refractivity contribution in [2.24, 2.45) is 0 Å². The minimum Gasteiger partial charge on any atom is -0.469 e. The maximum Gasteiger partial charge on any atom is 0.379 e. The normalized spacial score (nSPS) is 13.6. The zero-order chi connectivity index (χ0) is 21.1. The lowest BCUT2D eigenvalue weighted by Gasteiger charge is -2.27. The Balaban J connectivity index is 1.56. The quantitative estimate of drug-likeness (QED) is 0.459. The first kappa shape index (κ1) is 19.4. The number of ether oxygens (including phenoxy) is 2. The van der Waals surface area contributed by atoms with Gasteiger partial charge in [0, 0.05) is 12.1 Å². The lowest BCUT2D eigenvalue weighted by molar-refractivity contribution is -0.141. The molecule has 152 valence electrons. The molecule has 1 aliphatic heterocycles.